The summed E-state index contributed by atoms with van der Waals surface area (Å²) in [6.45, 7) is 5.11. The molecule has 5 heteroatoms. The molecule has 0 unspecified atom stereocenters. The fourth-order valence-electron chi connectivity index (χ4n) is 5.49. The molecule has 1 saturated heterocycles. The van der Waals surface area contributed by atoms with Crippen molar-refractivity contribution >= 4 is 11.0 Å². The summed E-state index contributed by atoms with van der Waals surface area (Å²) in [7, 11) is 0. The Hall–Kier alpha value is -2.24. The van der Waals surface area contributed by atoms with Crippen LogP contribution in [0.2, 0.25) is 0 Å². The van der Waals surface area contributed by atoms with Crippen LogP contribution in [-0.4, -0.2) is 28.0 Å². The van der Waals surface area contributed by atoms with Crippen molar-refractivity contribution in [1.82, 2.24) is 14.9 Å². The Morgan fingerprint density at radius 1 is 1.10 bits per heavy atom. The molecule has 0 amide bonds. The lowest BCUT2D eigenvalue weighted by Gasteiger charge is -2.29. The summed E-state index contributed by atoms with van der Waals surface area (Å²) in [5.41, 5.74) is 9.87. The van der Waals surface area contributed by atoms with Crippen molar-refractivity contribution in [2.24, 2.45) is 17.6 Å². The third-order valence-corrected chi connectivity index (χ3v) is 7.49. The van der Waals surface area contributed by atoms with Crippen molar-refractivity contribution in [3.8, 4) is 0 Å². The number of nitrogens with two attached hydrogens (primary N) is 1. The number of H-pyrrole nitrogens is 1. The number of fused-ring (bicyclic) bond motifs is 1. The molecule has 31 heavy (non-hydrogen) atoms. The van der Waals surface area contributed by atoms with E-state index in [0.29, 0.717) is 11.4 Å². The van der Waals surface area contributed by atoms with Gasteiger partial charge in [0, 0.05) is 19.0 Å². The molecule has 2 atom stereocenters. The quantitative estimate of drug-likeness (QED) is 0.572. The highest BCUT2D eigenvalue weighted by molar-refractivity contribution is 5.77. The van der Waals surface area contributed by atoms with Crippen LogP contribution in [0, 0.1) is 17.7 Å². The second-order valence-corrected chi connectivity index (χ2v) is 9.74. The van der Waals surface area contributed by atoms with E-state index in [1.807, 2.05) is 18.2 Å². The van der Waals surface area contributed by atoms with Crippen LogP contribution in [0.1, 0.15) is 67.9 Å². The number of nitrogens with zero attached hydrogens (tertiary/aromatic N) is 2. The molecule has 2 aliphatic rings. The molecule has 3 aromatic rings. The van der Waals surface area contributed by atoms with Crippen molar-refractivity contribution in [2.75, 3.05) is 13.1 Å². The molecule has 1 saturated carbocycles. The smallest absolute Gasteiger partial charge is 0.154 e. The van der Waals surface area contributed by atoms with E-state index in [4.69, 9.17) is 5.73 Å². The molecule has 5 rings (SSSR count). The van der Waals surface area contributed by atoms with Crippen LogP contribution in [0.15, 0.2) is 42.5 Å². The normalized spacial score (nSPS) is 25.8. The summed E-state index contributed by atoms with van der Waals surface area (Å²) >= 11 is 0. The lowest BCUT2D eigenvalue weighted by Crippen LogP contribution is -2.26. The van der Waals surface area contributed by atoms with Gasteiger partial charge in [0.25, 0.3) is 0 Å². The molecule has 3 N–H and O–H groups in total. The highest BCUT2D eigenvalue weighted by Gasteiger charge is 2.29. The third kappa shape index (κ3) is 4.26. The van der Waals surface area contributed by atoms with Gasteiger partial charge in [-0.3, -0.25) is 4.90 Å². The van der Waals surface area contributed by atoms with E-state index < -0.39 is 0 Å². The van der Waals surface area contributed by atoms with E-state index in [1.165, 1.54) is 18.4 Å². The Balaban J connectivity index is 1.32. The molecule has 0 radical (unpaired) electrons. The zero-order valence-electron chi connectivity index (χ0n) is 18.4. The first-order chi connectivity index (χ1) is 15.1. The number of rotatable bonds is 5. The number of benzene rings is 2. The summed E-state index contributed by atoms with van der Waals surface area (Å²) in [4.78, 5) is 10.4. The number of likely N-dealkylation sites (tertiary alicyclic amines) is 1. The number of nitrogens with one attached hydrogen (secondary N) is 1. The summed E-state index contributed by atoms with van der Waals surface area (Å²) in [5, 5.41) is 0. The van der Waals surface area contributed by atoms with Crippen molar-refractivity contribution in [3.05, 3.63) is 65.2 Å². The van der Waals surface area contributed by atoms with Crippen LogP contribution >= 0.6 is 0 Å². The molecule has 4 nitrogen and oxygen atoms in total. The summed E-state index contributed by atoms with van der Waals surface area (Å²) in [6.07, 6.45) is 5.68. The SMILES string of the molecule is CC1CCC([C@H](N)c2nc3c(F)c([C@@H]4CCN(Cc5ccccc5)C4)ccc3[nH]2)CC1. The fourth-order valence-corrected chi connectivity index (χ4v) is 5.49. The highest BCUT2D eigenvalue weighted by atomic mass is 19.1. The Morgan fingerprint density at radius 3 is 2.65 bits per heavy atom. The molecule has 1 aromatic heterocycles. The largest absolute Gasteiger partial charge is 0.341 e. The minimum absolute atomic E-state index is 0.143. The van der Waals surface area contributed by atoms with Crippen molar-refractivity contribution in [3.63, 3.8) is 0 Å². The molecule has 164 valence electrons. The zero-order chi connectivity index (χ0) is 21.4. The van der Waals surface area contributed by atoms with Gasteiger partial charge in [-0.15, -0.1) is 0 Å². The number of imidazole rings is 1. The maximum absolute atomic E-state index is 15.5. The lowest BCUT2D eigenvalue weighted by molar-refractivity contribution is 0.252. The number of hydrogen-bond acceptors (Lipinski definition) is 3. The van der Waals surface area contributed by atoms with Crippen LogP contribution in [0.4, 0.5) is 4.39 Å². The van der Waals surface area contributed by atoms with Crippen molar-refractivity contribution < 1.29 is 4.39 Å². The summed E-state index contributed by atoms with van der Waals surface area (Å²) < 4.78 is 15.5. The number of aromatic nitrogens is 2. The maximum Gasteiger partial charge on any atom is 0.154 e. The van der Waals surface area contributed by atoms with E-state index in [0.717, 1.165) is 61.7 Å². The predicted molar refractivity (Wildman–Crippen MR) is 123 cm³/mol. The van der Waals surface area contributed by atoms with Crippen LogP contribution in [-0.2, 0) is 6.54 Å². The van der Waals surface area contributed by atoms with E-state index in [2.05, 4.69) is 46.1 Å². The van der Waals surface area contributed by atoms with Crippen molar-refractivity contribution in [1.29, 1.82) is 0 Å². The van der Waals surface area contributed by atoms with Gasteiger partial charge in [0.05, 0.1) is 11.6 Å². The minimum Gasteiger partial charge on any atom is -0.341 e. The predicted octanol–water partition coefficient (Wildman–Crippen LogP) is 5.52. The van der Waals surface area contributed by atoms with Crippen LogP contribution < -0.4 is 5.73 Å². The Kier molecular flexibility index (Phi) is 5.81. The minimum atomic E-state index is -0.170. The standard InChI is InChI=1S/C26H33FN4/c1-17-7-9-19(10-8-17)24(28)26-29-22-12-11-21(23(27)25(22)30-26)20-13-14-31(16-20)15-18-5-3-2-4-6-18/h2-6,11-12,17,19-20,24H,7-10,13-16,28H2,1H3,(H,29,30)/t17?,19?,20-,24+/m1/s1. The molecule has 2 heterocycles. The van der Waals surface area contributed by atoms with Crippen LogP contribution in [0.3, 0.4) is 0 Å². The zero-order valence-corrected chi connectivity index (χ0v) is 18.4. The molecule has 0 bridgehead atoms. The first-order valence-corrected chi connectivity index (χ1v) is 11.8. The second kappa shape index (κ2) is 8.71. The summed E-state index contributed by atoms with van der Waals surface area (Å²) in [6, 6.07) is 14.3. The first kappa shape index (κ1) is 20.7. The average Bonchev–Trinajstić information content (AvgIpc) is 3.42. The Labute approximate surface area is 184 Å². The van der Waals surface area contributed by atoms with E-state index >= 15 is 4.39 Å². The second-order valence-electron chi connectivity index (χ2n) is 9.74. The van der Waals surface area contributed by atoms with E-state index in [1.54, 1.807) is 0 Å². The van der Waals surface area contributed by atoms with Gasteiger partial charge < -0.3 is 10.7 Å². The van der Waals surface area contributed by atoms with Crippen molar-refractivity contribution in [2.45, 2.75) is 57.5 Å². The van der Waals surface area contributed by atoms with E-state index in [-0.39, 0.29) is 17.8 Å². The van der Waals surface area contributed by atoms with Gasteiger partial charge in [0.1, 0.15) is 11.3 Å². The molecule has 2 aromatic carbocycles. The number of aromatic amines is 1. The lowest BCUT2D eigenvalue weighted by atomic mass is 9.79. The van der Waals surface area contributed by atoms with Gasteiger partial charge >= 0.3 is 0 Å². The Bertz CT molecular complexity index is 1020. The monoisotopic (exact) mass is 420 g/mol. The molecule has 1 aliphatic carbocycles. The third-order valence-electron chi connectivity index (χ3n) is 7.49. The van der Waals surface area contributed by atoms with Gasteiger partial charge in [-0.2, -0.15) is 0 Å². The maximum atomic E-state index is 15.5. The van der Waals surface area contributed by atoms with Gasteiger partial charge in [0.15, 0.2) is 5.82 Å². The van der Waals surface area contributed by atoms with Gasteiger partial charge in [-0.1, -0.05) is 56.2 Å². The number of hydrogen-bond donors (Lipinski definition) is 2. The van der Waals surface area contributed by atoms with E-state index in [9.17, 15) is 0 Å². The number of halogens is 1. The average molecular weight is 421 g/mol. The first-order valence-electron chi connectivity index (χ1n) is 11.8. The topological polar surface area (TPSA) is 57.9 Å². The fraction of sp³-hybridized carbons (Fsp3) is 0.500. The summed E-state index contributed by atoms with van der Waals surface area (Å²) in [5.74, 6) is 1.99. The van der Waals surface area contributed by atoms with Gasteiger partial charge in [0.2, 0.25) is 0 Å². The van der Waals surface area contributed by atoms with Gasteiger partial charge in [-0.25, -0.2) is 9.37 Å². The Morgan fingerprint density at radius 2 is 1.87 bits per heavy atom. The van der Waals surface area contributed by atoms with Crippen LogP contribution in [0.25, 0.3) is 11.0 Å². The molecule has 1 aliphatic heterocycles. The highest BCUT2D eigenvalue weighted by Crippen LogP contribution is 2.36. The molecule has 0 spiro atoms. The van der Waals surface area contributed by atoms with Gasteiger partial charge in [-0.05, 0) is 54.8 Å². The molecular formula is C26H33FN4. The molecule has 2 fully saturated rings. The molecular weight excluding hydrogens is 387 g/mol. The van der Waals surface area contributed by atoms with Crippen LogP contribution in [0.5, 0.6) is 0 Å².